The molecule has 0 saturated carbocycles. The number of carbonyl (C=O) groups is 1. The number of hydrogen-bond donors (Lipinski definition) is 1. The number of benzene rings is 2. The summed E-state index contributed by atoms with van der Waals surface area (Å²) < 4.78 is 5.83. The fourth-order valence-electron chi connectivity index (χ4n) is 2.24. The molecule has 2 aromatic carbocycles. The minimum absolute atomic E-state index is 0.268. The van der Waals surface area contributed by atoms with Gasteiger partial charge in [0.05, 0.1) is 6.61 Å². The average molecular weight is 272 g/mol. The highest BCUT2D eigenvalue weighted by Gasteiger charge is 2.01. The molecule has 2 rings (SSSR count). The first-order valence-corrected chi connectivity index (χ1v) is 7.10. The summed E-state index contributed by atoms with van der Waals surface area (Å²) in [6.07, 6.45) is 3.94. The van der Waals surface area contributed by atoms with Gasteiger partial charge in [-0.25, -0.2) is 0 Å². The van der Waals surface area contributed by atoms with Crippen molar-refractivity contribution in [2.24, 2.45) is 0 Å². The molecule has 0 unspecified atom stereocenters. The van der Waals surface area contributed by atoms with Crippen LogP contribution in [0.2, 0.25) is 0 Å². The van der Waals surface area contributed by atoms with Crippen molar-refractivity contribution in [2.45, 2.75) is 32.1 Å². The zero-order valence-corrected chi connectivity index (χ0v) is 11.5. The monoisotopic (exact) mass is 272 g/mol. The predicted molar refractivity (Wildman–Crippen MR) is 80.2 cm³/mol. The first kappa shape index (κ1) is 14.4. The third-order valence-corrected chi connectivity index (χ3v) is 3.29. The Kier molecular flexibility index (Phi) is 5.42. The van der Waals surface area contributed by atoms with E-state index in [4.69, 9.17) is 9.84 Å². The molecule has 0 bridgehead atoms. The molecule has 0 aliphatic heterocycles. The number of carboxylic acids is 1. The highest BCUT2D eigenvalue weighted by molar-refractivity contribution is 5.88. The summed E-state index contributed by atoms with van der Waals surface area (Å²) in [6.45, 7) is 0.682. The van der Waals surface area contributed by atoms with Gasteiger partial charge in [0, 0.05) is 11.8 Å². The zero-order chi connectivity index (χ0) is 14.2. The van der Waals surface area contributed by atoms with Crippen LogP contribution in [0.5, 0.6) is 5.75 Å². The molecule has 3 heteroatoms. The van der Waals surface area contributed by atoms with E-state index in [0.29, 0.717) is 6.61 Å². The van der Waals surface area contributed by atoms with E-state index in [0.717, 1.165) is 36.8 Å². The lowest BCUT2D eigenvalue weighted by molar-refractivity contribution is -0.137. The summed E-state index contributed by atoms with van der Waals surface area (Å²) in [5, 5.41) is 10.9. The third kappa shape index (κ3) is 4.26. The van der Waals surface area contributed by atoms with Crippen molar-refractivity contribution in [3.63, 3.8) is 0 Å². The van der Waals surface area contributed by atoms with Gasteiger partial charge in [0.25, 0.3) is 0 Å². The summed E-state index contributed by atoms with van der Waals surface area (Å²) in [6, 6.07) is 14.3. The molecule has 1 N–H and O–H groups in total. The van der Waals surface area contributed by atoms with E-state index >= 15 is 0 Å². The maximum absolute atomic E-state index is 10.4. The van der Waals surface area contributed by atoms with E-state index in [-0.39, 0.29) is 6.42 Å². The summed E-state index contributed by atoms with van der Waals surface area (Å²) >= 11 is 0. The number of aliphatic carboxylic acids is 1. The van der Waals surface area contributed by atoms with Crippen LogP contribution in [0.25, 0.3) is 10.8 Å². The molecule has 0 saturated heterocycles. The highest BCUT2D eigenvalue weighted by atomic mass is 16.5. The Morgan fingerprint density at radius 2 is 1.70 bits per heavy atom. The van der Waals surface area contributed by atoms with E-state index in [1.165, 1.54) is 5.39 Å². The number of hydrogen-bond acceptors (Lipinski definition) is 2. The van der Waals surface area contributed by atoms with Crippen molar-refractivity contribution < 1.29 is 14.6 Å². The highest BCUT2D eigenvalue weighted by Crippen LogP contribution is 2.25. The van der Waals surface area contributed by atoms with Crippen LogP contribution in [0.3, 0.4) is 0 Å². The summed E-state index contributed by atoms with van der Waals surface area (Å²) in [5.41, 5.74) is 0. The van der Waals surface area contributed by atoms with Crippen molar-refractivity contribution in [1.82, 2.24) is 0 Å². The van der Waals surface area contributed by atoms with Gasteiger partial charge in [-0.05, 0) is 24.3 Å². The normalized spacial score (nSPS) is 10.6. The van der Waals surface area contributed by atoms with Crippen LogP contribution in [0.15, 0.2) is 42.5 Å². The van der Waals surface area contributed by atoms with Gasteiger partial charge in [-0.15, -0.1) is 0 Å². The smallest absolute Gasteiger partial charge is 0.303 e. The van der Waals surface area contributed by atoms with Crippen LogP contribution in [-0.2, 0) is 4.79 Å². The van der Waals surface area contributed by atoms with Gasteiger partial charge in [-0.3, -0.25) is 4.79 Å². The van der Waals surface area contributed by atoms with Crippen LogP contribution in [0, 0.1) is 0 Å². The molecule has 0 spiro atoms. The Morgan fingerprint density at radius 3 is 2.55 bits per heavy atom. The Bertz CT molecular complexity index is 558. The fraction of sp³-hybridized carbons (Fsp3) is 0.353. The zero-order valence-electron chi connectivity index (χ0n) is 11.5. The molecule has 0 atom stereocenters. The van der Waals surface area contributed by atoms with Gasteiger partial charge in [0.1, 0.15) is 5.75 Å². The van der Waals surface area contributed by atoms with Crippen LogP contribution >= 0.6 is 0 Å². The predicted octanol–water partition coefficient (Wildman–Crippen LogP) is 4.25. The topological polar surface area (TPSA) is 46.5 Å². The molecule has 0 radical (unpaired) electrons. The standard InChI is InChI=1S/C17H20O3/c18-17(19)12-3-1-2-6-13-20-16-11-7-9-14-8-4-5-10-15(14)16/h4-5,7-11H,1-3,6,12-13H2,(H,18,19). The summed E-state index contributed by atoms with van der Waals surface area (Å²) in [5.74, 6) is 0.214. The number of ether oxygens (including phenoxy) is 1. The molecular formula is C17H20O3. The summed E-state index contributed by atoms with van der Waals surface area (Å²) in [7, 11) is 0. The van der Waals surface area contributed by atoms with Crippen LogP contribution in [0.1, 0.15) is 32.1 Å². The van der Waals surface area contributed by atoms with Gasteiger partial charge < -0.3 is 9.84 Å². The molecule has 106 valence electrons. The molecule has 0 aliphatic rings. The maximum atomic E-state index is 10.4. The van der Waals surface area contributed by atoms with Crippen molar-refractivity contribution in [3.8, 4) is 5.75 Å². The van der Waals surface area contributed by atoms with Crippen molar-refractivity contribution in [3.05, 3.63) is 42.5 Å². The van der Waals surface area contributed by atoms with Crippen LogP contribution in [0.4, 0.5) is 0 Å². The minimum atomic E-state index is -0.711. The SMILES string of the molecule is O=C(O)CCCCCCOc1cccc2ccccc12. The molecule has 3 nitrogen and oxygen atoms in total. The van der Waals surface area contributed by atoms with Crippen molar-refractivity contribution >= 4 is 16.7 Å². The molecule has 0 amide bonds. The van der Waals surface area contributed by atoms with Crippen molar-refractivity contribution in [1.29, 1.82) is 0 Å². The first-order chi connectivity index (χ1) is 9.77. The van der Waals surface area contributed by atoms with Crippen molar-refractivity contribution in [2.75, 3.05) is 6.61 Å². The molecule has 20 heavy (non-hydrogen) atoms. The van der Waals surface area contributed by atoms with E-state index < -0.39 is 5.97 Å². The fourth-order valence-corrected chi connectivity index (χ4v) is 2.24. The number of rotatable bonds is 8. The first-order valence-electron chi connectivity index (χ1n) is 7.10. The van der Waals surface area contributed by atoms with Gasteiger partial charge in [-0.1, -0.05) is 49.2 Å². The molecule has 2 aromatic rings. The van der Waals surface area contributed by atoms with E-state index in [1.54, 1.807) is 0 Å². The van der Waals surface area contributed by atoms with Gasteiger partial charge >= 0.3 is 5.97 Å². The number of unbranched alkanes of at least 4 members (excludes halogenated alkanes) is 3. The van der Waals surface area contributed by atoms with Crippen LogP contribution < -0.4 is 4.74 Å². The lowest BCUT2D eigenvalue weighted by Gasteiger charge is -2.09. The van der Waals surface area contributed by atoms with Crippen LogP contribution in [-0.4, -0.2) is 17.7 Å². The number of carboxylic acid groups (broad SMARTS) is 1. The lowest BCUT2D eigenvalue weighted by Crippen LogP contribution is -1.98. The second-order valence-corrected chi connectivity index (χ2v) is 4.88. The Morgan fingerprint density at radius 1 is 0.950 bits per heavy atom. The van der Waals surface area contributed by atoms with Gasteiger partial charge in [0.15, 0.2) is 0 Å². The maximum Gasteiger partial charge on any atom is 0.303 e. The second kappa shape index (κ2) is 7.53. The molecular weight excluding hydrogens is 252 g/mol. The molecule has 0 aliphatic carbocycles. The second-order valence-electron chi connectivity index (χ2n) is 4.88. The number of fused-ring (bicyclic) bond motifs is 1. The Balaban J connectivity index is 1.75. The average Bonchev–Trinajstić information content (AvgIpc) is 2.46. The molecule has 0 heterocycles. The molecule has 0 fully saturated rings. The minimum Gasteiger partial charge on any atom is -0.493 e. The third-order valence-electron chi connectivity index (χ3n) is 3.29. The van der Waals surface area contributed by atoms with E-state index in [1.807, 2.05) is 24.3 Å². The van der Waals surface area contributed by atoms with Gasteiger partial charge in [-0.2, -0.15) is 0 Å². The van der Waals surface area contributed by atoms with E-state index in [2.05, 4.69) is 18.2 Å². The lowest BCUT2D eigenvalue weighted by atomic mass is 10.1. The Labute approximate surface area is 119 Å². The largest absolute Gasteiger partial charge is 0.493 e. The molecule has 0 aromatic heterocycles. The Hall–Kier alpha value is -2.03. The summed E-state index contributed by atoms with van der Waals surface area (Å²) in [4.78, 5) is 10.4. The van der Waals surface area contributed by atoms with Gasteiger partial charge in [0.2, 0.25) is 0 Å². The quantitative estimate of drug-likeness (QED) is 0.730. The van der Waals surface area contributed by atoms with E-state index in [9.17, 15) is 4.79 Å².